The molecule has 3 heterocycles. The molecule has 1 aromatic carbocycles. The Hall–Kier alpha value is -2.55. The first-order valence-corrected chi connectivity index (χ1v) is 11.5. The van der Waals surface area contributed by atoms with E-state index in [0.717, 1.165) is 15.3 Å². The molecule has 0 radical (unpaired) electrons. The first-order valence-electron chi connectivity index (χ1n) is 9.74. The van der Waals surface area contributed by atoms with Crippen LogP contribution in [0.3, 0.4) is 0 Å². The summed E-state index contributed by atoms with van der Waals surface area (Å²) in [6.07, 6.45) is 0. The molecule has 0 saturated carbocycles. The molecule has 1 aliphatic heterocycles. The number of benzene rings is 1. The Morgan fingerprint density at radius 3 is 2.23 bits per heavy atom. The van der Waals surface area contributed by atoms with Crippen molar-refractivity contribution in [3.05, 3.63) is 80.4 Å². The average Bonchev–Trinajstić information content (AvgIpc) is 3.49. The van der Waals surface area contributed by atoms with E-state index in [1.165, 1.54) is 23.5 Å². The maximum absolute atomic E-state index is 13.3. The zero-order valence-electron chi connectivity index (χ0n) is 16.3. The average molecular weight is 444 g/mol. The summed E-state index contributed by atoms with van der Waals surface area (Å²) in [6, 6.07) is 13.8. The topological polar surface area (TPSA) is 52.7 Å². The predicted molar refractivity (Wildman–Crippen MR) is 117 cm³/mol. The fourth-order valence-corrected chi connectivity index (χ4v) is 5.03. The number of rotatable bonds is 6. The number of nitrogens with zero attached hydrogens (tertiary/aromatic N) is 2. The van der Waals surface area contributed by atoms with Gasteiger partial charge in [-0.05, 0) is 40.6 Å². The van der Waals surface area contributed by atoms with Gasteiger partial charge in [-0.25, -0.2) is 4.39 Å². The van der Waals surface area contributed by atoms with Gasteiger partial charge in [0, 0.05) is 31.1 Å². The standard InChI is InChI=1S/C22H22FN3O2S2/c23-17-7-5-16(6-8-17)21(18-3-1-13-29-18)24-15-20(27)25-9-11-26(12-10-25)22(28)19-4-2-14-30-19/h1-8,13-14,21,24H,9-12,15H2. The van der Waals surface area contributed by atoms with Crippen molar-refractivity contribution in [3.63, 3.8) is 0 Å². The molecule has 1 atom stereocenters. The van der Waals surface area contributed by atoms with Gasteiger partial charge in [0.1, 0.15) is 5.82 Å². The number of carbonyl (C=O) groups excluding carboxylic acids is 2. The van der Waals surface area contributed by atoms with E-state index in [0.29, 0.717) is 26.2 Å². The van der Waals surface area contributed by atoms with Crippen LogP contribution in [0.15, 0.2) is 59.3 Å². The van der Waals surface area contributed by atoms with Crippen LogP contribution in [-0.2, 0) is 4.79 Å². The van der Waals surface area contributed by atoms with Gasteiger partial charge in [0.05, 0.1) is 17.5 Å². The van der Waals surface area contributed by atoms with E-state index < -0.39 is 0 Å². The van der Waals surface area contributed by atoms with E-state index in [1.54, 1.807) is 33.3 Å². The minimum atomic E-state index is -0.283. The maximum Gasteiger partial charge on any atom is 0.264 e. The van der Waals surface area contributed by atoms with E-state index in [9.17, 15) is 14.0 Å². The summed E-state index contributed by atoms with van der Waals surface area (Å²) in [5.74, 6) is -0.249. The van der Waals surface area contributed by atoms with Crippen molar-refractivity contribution in [1.82, 2.24) is 15.1 Å². The molecule has 0 spiro atoms. The van der Waals surface area contributed by atoms with Crippen molar-refractivity contribution >= 4 is 34.5 Å². The minimum Gasteiger partial charge on any atom is -0.338 e. The highest BCUT2D eigenvalue weighted by Gasteiger charge is 2.26. The second-order valence-electron chi connectivity index (χ2n) is 7.03. The van der Waals surface area contributed by atoms with Crippen molar-refractivity contribution in [2.24, 2.45) is 0 Å². The molecule has 2 aromatic heterocycles. The van der Waals surface area contributed by atoms with Crippen molar-refractivity contribution in [2.75, 3.05) is 32.7 Å². The van der Waals surface area contributed by atoms with Gasteiger partial charge in [0.15, 0.2) is 0 Å². The number of piperazine rings is 1. The molecule has 5 nitrogen and oxygen atoms in total. The molecular formula is C22H22FN3O2S2. The number of halogens is 1. The van der Waals surface area contributed by atoms with Crippen molar-refractivity contribution in [2.45, 2.75) is 6.04 Å². The Labute approximate surface area is 182 Å². The summed E-state index contributed by atoms with van der Waals surface area (Å²) < 4.78 is 13.3. The molecule has 3 aromatic rings. The van der Waals surface area contributed by atoms with Crippen LogP contribution < -0.4 is 5.32 Å². The molecule has 2 amide bonds. The summed E-state index contributed by atoms with van der Waals surface area (Å²) in [7, 11) is 0. The van der Waals surface area contributed by atoms with E-state index in [1.807, 2.05) is 35.0 Å². The van der Waals surface area contributed by atoms with Gasteiger partial charge in [-0.15, -0.1) is 22.7 Å². The Bertz CT molecular complexity index is 967. The number of hydrogen-bond acceptors (Lipinski definition) is 5. The zero-order valence-corrected chi connectivity index (χ0v) is 17.9. The zero-order chi connectivity index (χ0) is 20.9. The predicted octanol–water partition coefficient (Wildman–Crippen LogP) is 3.61. The number of carbonyl (C=O) groups is 2. The lowest BCUT2D eigenvalue weighted by atomic mass is 10.1. The first kappa shape index (κ1) is 20.7. The van der Waals surface area contributed by atoms with Crippen LogP contribution in [-0.4, -0.2) is 54.3 Å². The third kappa shape index (κ3) is 4.77. The molecule has 1 aliphatic rings. The van der Waals surface area contributed by atoms with Gasteiger partial charge in [0.2, 0.25) is 5.91 Å². The molecule has 1 unspecified atom stereocenters. The number of thiophene rings is 2. The fourth-order valence-electron chi connectivity index (χ4n) is 3.51. The summed E-state index contributed by atoms with van der Waals surface area (Å²) in [4.78, 5) is 30.6. The van der Waals surface area contributed by atoms with Gasteiger partial charge in [0.25, 0.3) is 5.91 Å². The van der Waals surface area contributed by atoms with E-state index >= 15 is 0 Å². The molecule has 30 heavy (non-hydrogen) atoms. The van der Waals surface area contributed by atoms with Gasteiger partial charge < -0.3 is 9.80 Å². The second-order valence-corrected chi connectivity index (χ2v) is 8.96. The Balaban J connectivity index is 1.34. The van der Waals surface area contributed by atoms with E-state index in [-0.39, 0.29) is 30.2 Å². The van der Waals surface area contributed by atoms with Crippen LogP contribution in [0.25, 0.3) is 0 Å². The molecule has 1 fully saturated rings. The molecule has 156 valence electrons. The number of nitrogens with one attached hydrogen (secondary N) is 1. The fraction of sp³-hybridized carbons (Fsp3) is 0.273. The monoisotopic (exact) mass is 443 g/mol. The Morgan fingerprint density at radius 2 is 1.60 bits per heavy atom. The largest absolute Gasteiger partial charge is 0.338 e. The van der Waals surface area contributed by atoms with Crippen LogP contribution in [0.1, 0.15) is 26.2 Å². The van der Waals surface area contributed by atoms with E-state index in [2.05, 4.69) is 5.32 Å². The van der Waals surface area contributed by atoms with Crippen molar-refractivity contribution in [1.29, 1.82) is 0 Å². The molecule has 0 aliphatic carbocycles. The SMILES string of the molecule is O=C(CNC(c1ccc(F)cc1)c1cccs1)N1CCN(C(=O)c2cccs2)CC1. The van der Waals surface area contributed by atoms with Crippen LogP contribution in [0.4, 0.5) is 4.39 Å². The van der Waals surface area contributed by atoms with Gasteiger partial charge in [-0.1, -0.05) is 24.3 Å². The Kier molecular flexibility index (Phi) is 6.56. The van der Waals surface area contributed by atoms with Crippen molar-refractivity contribution in [3.8, 4) is 0 Å². The van der Waals surface area contributed by atoms with Crippen LogP contribution in [0.5, 0.6) is 0 Å². The van der Waals surface area contributed by atoms with Crippen LogP contribution in [0, 0.1) is 5.82 Å². The second kappa shape index (κ2) is 9.51. The smallest absolute Gasteiger partial charge is 0.264 e. The minimum absolute atomic E-state index is 0.00175. The van der Waals surface area contributed by atoms with Gasteiger partial charge in [-0.2, -0.15) is 0 Å². The highest BCUT2D eigenvalue weighted by Crippen LogP contribution is 2.26. The molecule has 1 saturated heterocycles. The molecule has 0 bridgehead atoms. The normalized spacial score (nSPS) is 15.2. The van der Waals surface area contributed by atoms with E-state index in [4.69, 9.17) is 0 Å². The lowest BCUT2D eigenvalue weighted by Gasteiger charge is -2.35. The molecule has 1 N–H and O–H groups in total. The quantitative estimate of drug-likeness (QED) is 0.633. The van der Waals surface area contributed by atoms with Crippen molar-refractivity contribution < 1.29 is 14.0 Å². The lowest BCUT2D eigenvalue weighted by Crippen LogP contribution is -2.52. The first-order chi connectivity index (χ1) is 14.6. The number of amides is 2. The third-order valence-electron chi connectivity index (χ3n) is 5.14. The highest BCUT2D eigenvalue weighted by atomic mass is 32.1. The molecular weight excluding hydrogens is 421 g/mol. The van der Waals surface area contributed by atoms with Gasteiger partial charge >= 0.3 is 0 Å². The van der Waals surface area contributed by atoms with Gasteiger partial charge in [-0.3, -0.25) is 14.9 Å². The number of hydrogen-bond donors (Lipinski definition) is 1. The van der Waals surface area contributed by atoms with Crippen LogP contribution in [0.2, 0.25) is 0 Å². The summed E-state index contributed by atoms with van der Waals surface area (Å²) in [5.41, 5.74) is 0.915. The molecule has 8 heteroatoms. The van der Waals surface area contributed by atoms with Crippen LogP contribution >= 0.6 is 22.7 Å². The third-order valence-corrected chi connectivity index (χ3v) is 6.94. The summed E-state index contributed by atoms with van der Waals surface area (Å²) >= 11 is 3.03. The summed E-state index contributed by atoms with van der Waals surface area (Å²) in [5, 5.41) is 7.21. The molecule has 4 rings (SSSR count). The maximum atomic E-state index is 13.3. The summed E-state index contributed by atoms with van der Waals surface area (Å²) in [6.45, 7) is 2.30. The lowest BCUT2D eigenvalue weighted by molar-refractivity contribution is -0.131. The Morgan fingerprint density at radius 1 is 0.933 bits per heavy atom. The highest BCUT2D eigenvalue weighted by molar-refractivity contribution is 7.12.